The summed E-state index contributed by atoms with van der Waals surface area (Å²) in [6, 6.07) is 51.8. The lowest BCUT2D eigenvalue weighted by Gasteiger charge is -2.36. The van der Waals surface area contributed by atoms with E-state index in [-0.39, 0.29) is 81.4 Å². The number of nitriles is 1. The van der Waals surface area contributed by atoms with E-state index in [1.165, 1.54) is 48.6 Å². The molecule has 4 aliphatic rings. The lowest BCUT2D eigenvalue weighted by molar-refractivity contribution is -0.383. The van der Waals surface area contributed by atoms with E-state index in [1.54, 1.807) is 112 Å². The number of aromatic nitrogens is 9. The van der Waals surface area contributed by atoms with Crippen LogP contribution in [-0.4, -0.2) is 160 Å². The Kier molecular flexibility index (Phi) is 33.3. The quantitative estimate of drug-likeness (QED) is 0.0292. The first-order chi connectivity index (χ1) is 64.9. The molecule has 13 aromatic rings. The number of ketones is 1. The number of carbonyl (C=O) groups excluding carboxylic acids is 6. The second-order valence-electron chi connectivity index (χ2n) is 32.1. The predicted octanol–water partition coefficient (Wildman–Crippen LogP) is 18.0. The molecular weight excluding hydrogens is 1820 g/mol. The SMILES string of the molecule is CC1CCCCN1c1ncnc(N)c1[N+](=O)[O-].CCc1c(C)sc(NC(=O)c2ccco2)c1C#N.COc1ccc(-c2cn[nH]c2-c2ccc(OC)cc2)cc1.C[C@H]1CCC(=O)c2c(C(=O)Nc3ccc(CNC(=O)OC(C)(C)C)cc3)ncn21.Nc1ncnc(N2CCc3ccccc32)c1[N+](=O)[O-].O=C(Nc1ccc(N2CCN(C(=O)c3ccccc3F)CC2)cc1)c1cncc(Br)c1. The number of carbonyl (C=O) groups is 6. The second kappa shape index (κ2) is 45.8. The third kappa shape index (κ3) is 25.3. The minimum atomic E-state index is -0.552. The number of rotatable bonds is 19. The van der Waals surface area contributed by atoms with Crippen LogP contribution in [0.4, 0.5) is 71.6 Å². The number of fused-ring (bicyclic) bond motifs is 2. The Morgan fingerprint density at radius 2 is 1.33 bits per heavy atom. The first-order valence-corrected chi connectivity index (χ1v) is 44.6. The topological polar surface area (TPSA) is 477 Å². The van der Waals surface area contributed by atoms with Gasteiger partial charge in [0, 0.05) is 120 Å². The number of anilines is 9. The van der Waals surface area contributed by atoms with Crippen molar-refractivity contribution < 1.29 is 61.6 Å². The molecule has 5 amide bonds. The average Bonchev–Trinajstić information content (AvgIpc) is 1.64. The summed E-state index contributed by atoms with van der Waals surface area (Å²) in [5.41, 5.74) is 22.2. The first-order valence-electron chi connectivity index (χ1n) is 43.0. The second-order valence-corrected chi connectivity index (χ2v) is 34.3. The van der Waals surface area contributed by atoms with E-state index in [0.717, 1.165) is 116 Å². The van der Waals surface area contributed by atoms with Gasteiger partial charge in [-0.1, -0.05) is 61.5 Å². The van der Waals surface area contributed by atoms with E-state index in [2.05, 4.69) is 88.3 Å². The van der Waals surface area contributed by atoms with Crippen LogP contribution in [0.3, 0.4) is 0 Å². The molecule has 6 aromatic carbocycles. The van der Waals surface area contributed by atoms with Crippen molar-refractivity contribution in [2.45, 2.75) is 118 Å². The highest BCUT2D eigenvalue weighted by atomic mass is 79.9. The Bertz CT molecular complexity index is 6340. The number of amides is 5. The molecule has 39 heteroatoms. The van der Waals surface area contributed by atoms with Crippen molar-refractivity contribution in [2.75, 3.05) is 95.6 Å². The van der Waals surface area contributed by atoms with E-state index in [9.17, 15) is 53.4 Å². The van der Waals surface area contributed by atoms with E-state index in [0.29, 0.717) is 84.7 Å². The number of alkyl carbamates (subject to hydrolysis) is 1. The summed E-state index contributed by atoms with van der Waals surface area (Å²) in [7, 11) is 3.32. The van der Waals surface area contributed by atoms with Crippen molar-refractivity contribution in [1.29, 1.82) is 5.26 Å². The fourth-order valence-corrected chi connectivity index (χ4v) is 16.6. The number of piperazine rings is 1. The van der Waals surface area contributed by atoms with Crippen LogP contribution in [-0.2, 0) is 24.1 Å². The van der Waals surface area contributed by atoms with Crippen LogP contribution >= 0.6 is 27.3 Å². The molecule has 2 fully saturated rings. The molecule has 36 nitrogen and oxygen atoms in total. The van der Waals surface area contributed by atoms with Crippen molar-refractivity contribution >= 4 is 125 Å². The molecule has 17 rings (SSSR count). The zero-order valence-corrected chi connectivity index (χ0v) is 77.8. The van der Waals surface area contributed by atoms with Crippen molar-refractivity contribution in [1.82, 2.24) is 54.9 Å². The van der Waals surface area contributed by atoms with Crippen LogP contribution < -0.4 is 56.9 Å². The maximum Gasteiger partial charge on any atom is 0.407 e. The van der Waals surface area contributed by atoms with Gasteiger partial charge in [-0.2, -0.15) is 10.4 Å². The summed E-state index contributed by atoms with van der Waals surface area (Å²) >= 11 is 4.73. The zero-order valence-electron chi connectivity index (χ0n) is 75.4. The number of hydrogen-bond donors (Lipinski definition) is 7. The molecule has 135 heavy (non-hydrogen) atoms. The fourth-order valence-electron chi connectivity index (χ4n) is 15.1. The number of benzene rings is 6. The third-order valence-corrected chi connectivity index (χ3v) is 23.5. The van der Waals surface area contributed by atoms with E-state index >= 15 is 0 Å². The molecule has 4 aliphatic heterocycles. The number of aromatic amines is 1. The number of H-pyrrole nitrogens is 1. The van der Waals surface area contributed by atoms with Gasteiger partial charge in [0.25, 0.3) is 23.6 Å². The highest BCUT2D eigenvalue weighted by Gasteiger charge is 2.34. The monoisotopic (exact) mass is 1910 g/mol. The van der Waals surface area contributed by atoms with Crippen molar-refractivity contribution in [3.63, 3.8) is 0 Å². The van der Waals surface area contributed by atoms with Crippen LogP contribution in [0.25, 0.3) is 22.4 Å². The Morgan fingerprint density at radius 1 is 0.704 bits per heavy atom. The van der Waals surface area contributed by atoms with Gasteiger partial charge in [0.15, 0.2) is 17.2 Å². The number of halogens is 2. The third-order valence-electron chi connectivity index (χ3n) is 22.0. The number of hydrogen-bond acceptors (Lipinski definition) is 28. The zero-order chi connectivity index (χ0) is 96.6. The molecule has 0 bridgehead atoms. The number of piperidine rings is 1. The molecule has 698 valence electrons. The number of pyridine rings is 1. The van der Waals surface area contributed by atoms with E-state index < -0.39 is 33.3 Å². The largest absolute Gasteiger partial charge is 0.497 e. The Labute approximate surface area is 789 Å². The van der Waals surface area contributed by atoms with Crippen LogP contribution in [0.15, 0.2) is 217 Å². The fraction of sp³-hybridized carbons (Fsp3) is 0.271. The standard InChI is InChI=1S/C23H20BrFN4O2.C21H26N4O4.C17H16N2O2.C13H12N2O2S.C12H11N5O2.C10H15N5O2/c24-17-13-16(14-26-15-17)22(30)27-18-5-7-19(8-6-18)28-9-11-29(12-10-28)23(31)20-3-1-2-4-21(20)25;1-13-5-10-16(26)18-17(23-12-25(13)18)19(27)24-15-8-6-14(7-9-15)11-22-20(28)29-21(2,3)4;1-20-14-7-3-12(4-8-14)16-11-18-19-17(16)13-5-9-15(21-2)10-6-13;1-3-9-8(2)18-13(10(9)7-14)15-12(16)11-5-4-6-17-11;13-11-10(17(18)19)12(15-7-14-11)16-6-5-8-3-1-2-4-9(8)16;1-7-4-2-3-5-14(7)10-8(15(16)17)9(11)12-6-13-10/h1-8,13-15H,9-12H2,(H,27,30);6-9,12-13H,5,10-11H2,1-4H3,(H,22,28)(H,24,27);3-11H,1-2H3,(H,18,19);4-6H,3H2,1-2H3,(H,15,16);1-4,7H,5-6H2,(H2,13,14,15);6-7H,2-5H2,1H3,(H2,11,12,13)/t;13-;;;;/m.0..../s1. The Balaban J connectivity index is 0.000000148. The molecule has 11 heterocycles. The maximum absolute atomic E-state index is 13.9. The van der Waals surface area contributed by atoms with Gasteiger partial charge in [0.2, 0.25) is 23.3 Å². The summed E-state index contributed by atoms with van der Waals surface area (Å²) in [5.74, 6) is 0.510. The Morgan fingerprint density at radius 3 is 1.95 bits per heavy atom. The highest BCUT2D eigenvalue weighted by molar-refractivity contribution is 9.10. The minimum Gasteiger partial charge on any atom is -0.497 e. The lowest BCUT2D eigenvalue weighted by Crippen LogP contribution is -2.49. The molecule has 0 aliphatic carbocycles. The minimum absolute atomic E-state index is 0.0608. The number of imidazole rings is 1. The molecule has 0 saturated carbocycles. The van der Waals surface area contributed by atoms with Crippen molar-refractivity contribution in [3.05, 3.63) is 294 Å². The van der Waals surface area contributed by atoms with E-state index in [4.69, 9.17) is 35.4 Å². The number of nitrogens with zero attached hydrogens (tertiary/aromatic N) is 15. The van der Waals surface area contributed by atoms with Gasteiger partial charge in [-0.3, -0.25) is 54.3 Å². The maximum atomic E-state index is 13.9. The summed E-state index contributed by atoms with van der Waals surface area (Å²) < 4.78 is 37.0. The molecule has 2 atom stereocenters. The van der Waals surface area contributed by atoms with Crippen molar-refractivity contribution in [2.24, 2.45) is 0 Å². The molecule has 9 N–H and O–H groups in total. The number of aryl methyl sites for hydroxylation is 1. The Hall–Kier alpha value is -15.9. The van der Waals surface area contributed by atoms with Gasteiger partial charge >= 0.3 is 17.5 Å². The first kappa shape index (κ1) is 98.2. The number of Topliss-reactive ketones (excluding diaryl/α,β-unsaturated/α-hetero) is 1. The number of nitrogens with one attached hydrogen (secondary N) is 5. The summed E-state index contributed by atoms with van der Waals surface area (Å²) in [6.45, 7) is 17.5. The van der Waals surface area contributed by atoms with Crippen LogP contribution in [0.2, 0.25) is 0 Å². The van der Waals surface area contributed by atoms with Crippen LogP contribution in [0.5, 0.6) is 11.5 Å². The van der Waals surface area contributed by atoms with Gasteiger partial charge in [-0.05, 0) is 227 Å². The van der Waals surface area contributed by atoms with Gasteiger partial charge < -0.3 is 75.5 Å². The summed E-state index contributed by atoms with van der Waals surface area (Å²) in [4.78, 5) is 127. The number of nitrogen functional groups attached to an aromatic ring is 2. The smallest absolute Gasteiger partial charge is 0.407 e. The highest BCUT2D eigenvalue weighted by Crippen LogP contribution is 2.41. The molecule has 1 unspecified atom stereocenters. The summed E-state index contributed by atoms with van der Waals surface area (Å²) in [5, 5.41) is 50.2. The number of para-hydroxylation sites is 1. The molecular formula is C96H100BrFN22O14S. The predicted molar refractivity (Wildman–Crippen MR) is 515 cm³/mol. The molecule has 0 spiro atoms. The molecule has 7 aromatic heterocycles. The van der Waals surface area contributed by atoms with Crippen LogP contribution in [0, 0.1) is 44.3 Å². The number of nitro groups is 2. The number of thiophene rings is 1. The van der Waals surface area contributed by atoms with Gasteiger partial charge in [-0.25, -0.2) is 34.1 Å². The van der Waals surface area contributed by atoms with Crippen LogP contribution in [0.1, 0.15) is 159 Å². The van der Waals surface area contributed by atoms with Crippen molar-refractivity contribution in [3.8, 4) is 40.0 Å². The normalized spacial score (nSPS) is 14.0. The number of nitrogens with two attached hydrogens (primary N) is 2. The number of ether oxygens (including phenoxy) is 3. The lowest BCUT2D eigenvalue weighted by atomic mass is 10.0. The van der Waals surface area contributed by atoms with Gasteiger partial charge in [0.1, 0.15) is 52.3 Å². The summed E-state index contributed by atoms with van der Waals surface area (Å²) in [6.07, 6.45) is 16.0. The number of furan rings is 1. The van der Waals surface area contributed by atoms with Gasteiger partial charge in [-0.15, -0.1) is 11.3 Å². The molecule has 2 saturated heterocycles. The average molecular weight is 1920 g/mol. The van der Waals surface area contributed by atoms with Gasteiger partial charge in [0.05, 0.1) is 65.2 Å². The van der Waals surface area contributed by atoms with E-state index in [1.807, 2.05) is 141 Å². The molecule has 0 radical (unpaired) electrons. The number of methoxy groups -OCH3 is 2.